The van der Waals surface area contributed by atoms with E-state index in [2.05, 4.69) is 15.9 Å². The number of rotatable bonds is 3. The van der Waals surface area contributed by atoms with Crippen LogP contribution >= 0.6 is 38.9 Å². The summed E-state index contributed by atoms with van der Waals surface area (Å²) in [5.74, 6) is 0. The van der Waals surface area contributed by atoms with E-state index < -0.39 is 20.0 Å². The zero-order valence-electron chi connectivity index (χ0n) is 10.8. The number of fused-ring (bicyclic) bond motifs is 1. The van der Waals surface area contributed by atoms with Gasteiger partial charge in [-0.25, -0.2) is 8.42 Å². The lowest BCUT2D eigenvalue weighted by atomic mass is 10.0. The maximum atomic E-state index is 11.9. The molecule has 0 aliphatic rings. The second kappa shape index (κ2) is 5.02. The molecule has 0 aliphatic carbocycles. The normalized spacial score (nSPS) is 14.8. The number of benzene rings is 1. The van der Waals surface area contributed by atoms with Crippen molar-refractivity contribution in [1.29, 1.82) is 0 Å². The molecule has 0 bridgehead atoms. The smallest absolute Gasteiger partial charge is 0.154 e. The van der Waals surface area contributed by atoms with E-state index in [-0.39, 0.29) is 0 Å². The van der Waals surface area contributed by atoms with E-state index in [0.29, 0.717) is 0 Å². The first-order valence-electron chi connectivity index (χ1n) is 5.65. The molecule has 1 aromatic heterocycles. The molecule has 0 amide bonds. The van der Waals surface area contributed by atoms with Crippen molar-refractivity contribution < 1.29 is 8.42 Å². The minimum Gasteiger partial charge on any atom is -0.229 e. The van der Waals surface area contributed by atoms with Gasteiger partial charge in [0.15, 0.2) is 9.84 Å². The van der Waals surface area contributed by atoms with Gasteiger partial charge in [0.25, 0.3) is 0 Å². The van der Waals surface area contributed by atoms with Gasteiger partial charge in [0.05, 0.1) is 10.1 Å². The van der Waals surface area contributed by atoms with Gasteiger partial charge in [-0.3, -0.25) is 0 Å². The van der Waals surface area contributed by atoms with Crippen LogP contribution in [-0.2, 0) is 9.84 Å². The molecular weight excluding hydrogens is 368 g/mol. The van der Waals surface area contributed by atoms with Crippen LogP contribution in [0, 0.1) is 0 Å². The molecule has 1 unspecified atom stereocenters. The first kappa shape index (κ1) is 15.3. The molecule has 0 fully saturated rings. The number of hydrogen-bond donors (Lipinski definition) is 0. The number of sulfone groups is 1. The maximum absolute atomic E-state index is 11.9. The molecule has 1 atom stereocenters. The van der Waals surface area contributed by atoms with Gasteiger partial charge in [-0.15, -0.1) is 22.9 Å². The molecule has 0 aliphatic heterocycles. The zero-order chi connectivity index (χ0) is 14.4. The van der Waals surface area contributed by atoms with Gasteiger partial charge in [-0.05, 0) is 52.2 Å². The average Bonchev–Trinajstić information content (AvgIpc) is 2.71. The minimum absolute atomic E-state index is 0.578. The van der Waals surface area contributed by atoms with Gasteiger partial charge in [-0.1, -0.05) is 12.1 Å². The van der Waals surface area contributed by atoms with E-state index in [0.717, 1.165) is 20.1 Å². The van der Waals surface area contributed by atoms with Crippen LogP contribution in [0.3, 0.4) is 0 Å². The van der Waals surface area contributed by atoms with Gasteiger partial charge in [0, 0.05) is 15.4 Å². The second-order valence-corrected chi connectivity index (χ2v) is 9.81. The van der Waals surface area contributed by atoms with Crippen molar-refractivity contribution in [3.05, 3.63) is 33.6 Å². The number of halogens is 2. The standard InChI is InChI=1S/C13H14BrClO2S2/c1-13(2,19(3,16)17)12(15)9-7-18-11-8(9)5-4-6-10(11)14/h4-7,12H,1-3H3. The summed E-state index contributed by atoms with van der Waals surface area (Å²) >= 11 is 11.5. The summed E-state index contributed by atoms with van der Waals surface area (Å²) in [6.45, 7) is 3.34. The van der Waals surface area contributed by atoms with Crippen molar-refractivity contribution in [1.82, 2.24) is 0 Å². The predicted octanol–water partition coefficient (Wildman–Crippen LogP) is 4.77. The molecule has 1 aromatic carbocycles. The molecule has 0 saturated heterocycles. The Morgan fingerprint density at radius 3 is 2.58 bits per heavy atom. The molecule has 1 heterocycles. The summed E-state index contributed by atoms with van der Waals surface area (Å²) in [7, 11) is -3.25. The molecule has 2 aromatic rings. The molecule has 0 saturated carbocycles. The van der Waals surface area contributed by atoms with Crippen LogP contribution in [-0.4, -0.2) is 19.4 Å². The monoisotopic (exact) mass is 380 g/mol. The number of thiophene rings is 1. The molecule has 2 rings (SSSR count). The summed E-state index contributed by atoms with van der Waals surface area (Å²) in [4.78, 5) is 0. The summed E-state index contributed by atoms with van der Waals surface area (Å²) in [5.41, 5.74) is 0.874. The van der Waals surface area contributed by atoms with Crippen molar-refractivity contribution in [3.63, 3.8) is 0 Å². The molecule has 6 heteroatoms. The van der Waals surface area contributed by atoms with Gasteiger partial charge in [0.2, 0.25) is 0 Å². The fourth-order valence-corrected chi connectivity index (χ4v) is 4.69. The van der Waals surface area contributed by atoms with Crippen LogP contribution in [0.4, 0.5) is 0 Å². The Labute approximate surface area is 130 Å². The van der Waals surface area contributed by atoms with Gasteiger partial charge in [0.1, 0.15) is 0 Å². The van der Waals surface area contributed by atoms with E-state index >= 15 is 0 Å². The van der Waals surface area contributed by atoms with Crippen LogP contribution in [0.2, 0.25) is 0 Å². The Bertz CT molecular complexity index is 719. The third-order valence-electron chi connectivity index (χ3n) is 3.42. The number of alkyl halides is 1. The van der Waals surface area contributed by atoms with Crippen molar-refractivity contribution in [3.8, 4) is 0 Å². The molecule has 104 valence electrons. The lowest BCUT2D eigenvalue weighted by Crippen LogP contribution is -2.35. The van der Waals surface area contributed by atoms with E-state index in [9.17, 15) is 8.42 Å². The van der Waals surface area contributed by atoms with Crippen LogP contribution in [0.15, 0.2) is 28.1 Å². The van der Waals surface area contributed by atoms with E-state index in [1.165, 1.54) is 6.26 Å². The van der Waals surface area contributed by atoms with Crippen molar-refractivity contribution in [2.75, 3.05) is 6.26 Å². The SMILES string of the molecule is CC(C)(C(Cl)c1csc2c(Br)cccc12)S(C)(=O)=O. The van der Waals surface area contributed by atoms with E-state index in [1.54, 1.807) is 25.2 Å². The summed E-state index contributed by atoms with van der Waals surface area (Å²) in [6.07, 6.45) is 1.23. The quantitative estimate of drug-likeness (QED) is 0.718. The highest BCUT2D eigenvalue weighted by molar-refractivity contribution is 9.10. The van der Waals surface area contributed by atoms with Crippen LogP contribution < -0.4 is 0 Å². The lowest BCUT2D eigenvalue weighted by molar-refractivity contribution is 0.545. The summed E-state index contributed by atoms with van der Waals surface area (Å²) in [6, 6.07) is 5.87. The molecule has 0 N–H and O–H groups in total. The summed E-state index contributed by atoms with van der Waals surface area (Å²) < 4.78 is 24.9. The third-order valence-corrected chi connectivity index (χ3v) is 8.45. The van der Waals surface area contributed by atoms with Gasteiger partial charge < -0.3 is 0 Å². The van der Waals surface area contributed by atoms with Crippen molar-refractivity contribution >= 4 is 58.8 Å². The molecule has 0 radical (unpaired) electrons. The van der Waals surface area contributed by atoms with Crippen molar-refractivity contribution in [2.24, 2.45) is 0 Å². The second-order valence-electron chi connectivity index (χ2n) is 5.05. The Morgan fingerprint density at radius 2 is 2.00 bits per heavy atom. The Morgan fingerprint density at radius 1 is 1.37 bits per heavy atom. The van der Waals surface area contributed by atoms with E-state index in [1.807, 2.05) is 23.6 Å². The van der Waals surface area contributed by atoms with Gasteiger partial charge in [-0.2, -0.15) is 0 Å². The highest BCUT2D eigenvalue weighted by atomic mass is 79.9. The van der Waals surface area contributed by atoms with Gasteiger partial charge >= 0.3 is 0 Å². The molecular formula is C13H14BrClO2S2. The third kappa shape index (κ3) is 2.58. The molecule has 0 spiro atoms. The van der Waals surface area contributed by atoms with E-state index in [4.69, 9.17) is 11.6 Å². The predicted molar refractivity (Wildman–Crippen MR) is 87.0 cm³/mol. The summed E-state index contributed by atoms with van der Waals surface area (Å²) in [5, 5.41) is 2.38. The minimum atomic E-state index is -3.25. The molecule has 2 nitrogen and oxygen atoms in total. The maximum Gasteiger partial charge on any atom is 0.154 e. The fourth-order valence-electron chi connectivity index (χ4n) is 1.80. The zero-order valence-corrected chi connectivity index (χ0v) is 14.8. The highest BCUT2D eigenvalue weighted by Crippen LogP contribution is 2.44. The van der Waals surface area contributed by atoms with Crippen LogP contribution in [0.1, 0.15) is 24.8 Å². The highest BCUT2D eigenvalue weighted by Gasteiger charge is 2.39. The Kier molecular flexibility index (Phi) is 4.04. The lowest BCUT2D eigenvalue weighted by Gasteiger charge is -2.28. The van der Waals surface area contributed by atoms with Crippen molar-refractivity contribution in [2.45, 2.75) is 24.0 Å². The first-order chi connectivity index (χ1) is 8.66. The van der Waals surface area contributed by atoms with Crippen LogP contribution in [0.5, 0.6) is 0 Å². The fraction of sp³-hybridized carbons (Fsp3) is 0.385. The Balaban J connectivity index is 2.60. The average molecular weight is 382 g/mol. The molecule has 19 heavy (non-hydrogen) atoms. The largest absolute Gasteiger partial charge is 0.229 e. The van der Waals surface area contributed by atoms with Crippen LogP contribution in [0.25, 0.3) is 10.1 Å². The number of hydrogen-bond acceptors (Lipinski definition) is 3. The Hall–Kier alpha value is -0.100. The topological polar surface area (TPSA) is 34.1 Å². The first-order valence-corrected chi connectivity index (χ1v) is 9.65.